The molecule has 0 fully saturated rings. The number of aromatic nitrogens is 1. The number of nitrogens with zero attached hydrogens (tertiary/aromatic N) is 1. The third-order valence-electron chi connectivity index (χ3n) is 6.38. The lowest BCUT2D eigenvalue weighted by molar-refractivity contribution is -0.115. The molecule has 0 saturated heterocycles. The normalized spacial score (nSPS) is 11.6. The van der Waals surface area contributed by atoms with Crippen LogP contribution < -0.4 is 33.4 Å². The number of nitrogen functional groups attached to an aromatic ring is 2. The Morgan fingerprint density at radius 2 is 1.26 bits per heavy atom. The minimum atomic E-state index is -0.622. The molecule has 0 saturated carbocycles. The molecule has 174 valence electrons. The smallest absolute Gasteiger partial charge is 0.263 e. The Labute approximate surface area is 193 Å². The van der Waals surface area contributed by atoms with Gasteiger partial charge in [-0.2, -0.15) is 0 Å². The van der Waals surface area contributed by atoms with Crippen LogP contribution in [0.15, 0.2) is 55.6 Å². The van der Waals surface area contributed by atoms with Gasteiger partial charge in [-0.3, -0.25) is 28.5 Å². The molecule has 4 rings (SSSR count). The van der Waals surface area contributed by atoms with E-state index < -0.39 is 22.0 Å². The maximum absolute atomic E-state index is 13.1. The van der Waals surface area contributed by atoms with Gasteiger partial charge in [-0.15, -0.1) is 0 Å². The minimum Gasteiger partial charge on any atom is -0.397 e. The van der Waals surface area contributed by atoms with E-state index >= 15 is 0 Å². The van der Waals surface area contributed by atoms with Crippen molar-refractivity contribution in [2.24, 2.45) is 0 Å². The van der Waals surface area contributed by atoms with E-state index in [0.717, 1.165) is 11.0 Å². The van der Waals surface area contributed by atoms with Crippen molar-refractivity contribution < 1.29 is 4.79 Å². The van der Waals surface area contributed by atoms with Crippen LogP contribution in [0.25, 0.3) is 32.3 Å². The predicted molar refractivity (Wildman–Crippen MR) is 136 cm³/mol. The molecule has 34 heavy (non-hydrogen) atoms. The number of Topliss-reactive ketones (excluding diaryl/α,β-unsaturated/α-hetero) is 1. The van der Waals surface area contributed by atoms with Gasteiger partial charge in [0.15, 0.2) is 16.6 Å². The zero-order chi connectivity index (χ0) is 24.7. The number of benzene rings is 3. The lowest BCUT2D eigenvalue weighted by Gasteiger charge is -2.07. The summed E-state index contributed by atoms with van der Waals surface area (Å²) in [5, 5.41) is -0.104. The molecule has 4 aromatic rings. The second-order valence-electron chi connectivity index (χ2n) is 8.66. The van der Waals surface area contributed by atoms with Crippen molar-refractivity contribution in [1.82, 2.24) is 4.57 Å². The molecule has 0 spiro atoms. The number of nitrogens with two attached hydrogens (primary N) is 2. The molecule has 1 heterocycles. The molecule has 4 N–H and O–H groups in total. The molecule has 0 aliphatic rings. The number of hydrogen-bond donors (Lipinski definition) is 2. The van der Waals surface area contributed by atoms with Gasteiger partial charge in [-0.25, -0.2) is 0 Å². The van der Waals surface area contributed by atoms with Gasteiger partial charge in [-0.05, 0) is 25.3 Å². The minimum absolute atomic E-state index is 0.0292. The van der Waals surface area contributed by atoms with Crippen molar-refractivity contribution in [2.45, 2.75) is 45.6 Å². The number of allylic oxidation sites excluding steroid dienone is 1. The number of hydrogen-bond acceptors (Lipinski definition) is 7. The van der Waals surface area contributed by atoms with Crippen molar-refractivity contribution in [1.29, 1.82) is 0 Å². The van der Waals surface area contributed by atoms with Crippen LogP contribution in [0, 0.1) is 0 Å². The van der Waals surface area contributed by atoms with Gasteiger partial charge in [0, 0.05) is 23.7 Å². The Kier molecular flexibility index (Phi) is 5.91. The Morgan fingerprint density at radius 3 is 1.74 bits per heavy atom. The fourth-order valence-electron chi connectivity index (χ4n) is 4.54. The summed E-state index contributed by atoms with van der Waals surface area (Å²) in [6.07, 6.45) is 3.14. The van der Waals surface area contributed by atoms with E-state index in [-0.39, 0.29) is 56.0 Å². The summed E-state index contributed by atoms with van der Waals surface area (Å²) < 4.78 is 1.06. The van der Waals surface area contributed by atoms with Crippen LogP contribution in [0.1, 0.15) is 39.0 Å². The van der Waals surface area contributed by atoms with Crippen molar-refractivity contribution in [2.75, 3.05) is 11.5 Å². The standard InChI is InChI=1S/C26H25N3O5/c1-13(2)16(30)11-5-3-4-8-12-29-25(33)19-20(26(29)34)22(28)18-17(21(19)27)23(31)14-9-6-7-10-15(14)24(18)32/h6-7,9-10H,1,3-5,8,11-12,27-28H2,2H3. The first-order valence-corrected chi connectivity index (χ1v) is 11.1. The zero-order valence-electron chi connectivity index (χ0n) is 18.9. The van der Waals surface area contributed by atoms with Crippen LogP contribution in [0.4, 0.5) is 11.4 Å². The Bertz CT molecular complexity index is 1600. The third-order valence-corrected chi connectivity index (χ3v) is 6.38. The van der Waals surface area contributed by atoms with Gasteiger partial charge < -0.3 is 11.5 Å². The number of unbranched alkanes of at least 4 members (excludes halogenated alkanes) is 3. The van der Waals surface area contributed by atoms with E-state index in [2.05, 4.69) is 6.58 Å². The van der Waals surface area contributed by atoms with Crippen LogP contribution in [-0.2, 0) is 11.3 Å². The number of carbonyl (C=O) groups is 1. The molecule has 8 heteroatoms. The maximum atomic E-state index is 13.1. The summed E-state index contributed by atoms with van der Waals surface area (Å²) in [5.74, 6) is 0.0292. The average Bonchev–Trinajstić information content (AvgIpc) is 3.06. The van der Waals surface area contributed by atoms with Crippen LogP contribution in [-0.4, -0.2) is 10.4 Å². The van der Waals surface area contributed by atoms with Crippen molar-refractivity contribution >= 4 is 49.5 Å². The molecule has 0 aliphatic heterocycles. The van der Waals surface area contributed by atoms with Crippen LogP contribution in [0.2, 0.25) is 0 Å². The number of anilines is 2. The first-order valence-electron chi connectivity index (χ1n) is 11.1. The van der Waals surface area contributed by atoms with Gasteiger partial charge >= 0.3 is 0 Å². The number of ketones is 1. The Balaban J connectivity index is 1.76. The molecule has 0 amide bonds. The van der Waals surface area contributed by atoms with E-state index in [1.807, 2.05) is 0 Å². The zero-order valence-corrected chi connectivity index (χ0v) is 18.9. The fourth-order valence-corrected chi connectivity index (χ4v) is 4.54. The van der Waals surface area contributed by atoms with Crippen LogP contribution in [0.3, 0.4) is 0 Å². The highest BCUT2D eigenvalue weighted by Crippen LogP contribution is 2.31. The van der Waals surface area contributed by atoms with Gasteiger partial charge in [0.25, 0.3) is 11.1 Å². The van der Waals surface area contributed by atoms with Crippen molar-refractivity contribution in [3.8, 4) is 0 Å². The molecule has 0 bridgehead atoms. The van der Waals surface area contributed by atoms with E-state index in [4.69, 9.17) is 11.5 Å². The van der Waals surface area contributed by atoms with Crippen molar-refractivity contribution in [3.63, 3.8) is 0 Å². The molecule has 8 nitrogen and oxygen atoms in total. The molecular formula is C26H25N3O5. The molecule has 0 radical (unpaired) electrons. The highest BCUT2D eigenvalue weighted by Gasteiger charge is 2.25. The van der Waals surface area contributed by atoms with E-state index in [9.17, 15) is 24.0 Å². The van der Waals surface area contributed by atoms with Crippen LogP contribution >= 0.6 is 0 Å². The second-order valence-corrected chi connectivity index (χ2v) is 8.66. The third kappa shape index (κ3) is 3.51. The summed E-state index contributed by atoms with van der Waals surface area (Å²) >= 11 is 0. The van der Waals surface area contributed by atoms with Gasteiger partial charge in [0.1, 0.15) is 0 Å². The van der Waals surface area contributed by atoms with E-state index in [1.54, 1.807) is 19.1 Å². The Morgan fingerprint density at radius 1 is 0.794 bits per heavy atom. The first kappa shape index (κ1) is 23.1. The van der Waals surface area contributed by atoms with E-state index in [0.29, 0.717) is 31.3 Å². The first-order chi connectivity index (χ1) is 16.2. The number of rotatable bonds is 8. The second kappa shape index (κ2) is 8.70. The number of carbonyl (C=O) groups excluding carboxylic acids is 1. The summed E-state index contributed by atoms with van der Waals surface area (Å²) in [6.45, 7) is 5.45. The SMILES string of the molecule is C=C(C)C(=O)CCCCCCn1c(=O)c2c(N)c3c(=O)c4ccccc4c(=O)c3c(N)c2c1=O. The predicted octanol–water partition coefficient (Wildman–Crippen LogP) is 2.52. The highest BCUT2D eigenvalue weighted by atomic mass is 16.2. The summed E-state index contributed by atoms with van der Waals surface area (Å²) in [4.78, 5) is 64.1. The topological polar surface area (TPSA) is 142 Å². The molecule has 0 unspecified atom stereocenters. The summed E-state index contributed by atoms with van der Waals surface area (Å²) in [7, 11) is 0. The molecule has 0 atom stereocenters. The Hall–Kier alpha value is -4.07. The molecular weight excluding hydrogens is 434 g/mol. The monoisotopic (exact) mass is 459 g/mol. The molecule has 3 aromatic carbocycles. The maximum Gasteiger partial charge on any atom is 0.263 e. The van der Waals surface area contributed by atoms with Crippen LogP contribution in [0.5, 0.6) is 0 Å². The van der Waals surface area contributed by atoms with Gasteiger partial charge in [0.05, 0.1) is 32.9 Å². The molecule has 1 aromatic heterocycles. The van der Waals surface area contributed by atoms with E-state index in [1.165, 1.54) is 12.1 Å². The summed E-state index contributed by atoms with van der Waals surface area (Å²) in [6, 6.07) is 6.30. The summed E-state index contributed by atoms with van der Waals surface area (Å²) in [5.41, 5.74) is 10.4. The lowest BCUT2D eigenvalue weighted by Crippen LogP contribution is -2.25. The fraction of sp³-hybridized carbons (Fsp3) is 0.269. The van der Waals surface area contributed by atoms with Crippen molar-refractivity contribution in [3.05, 3.63) is 77.6 Å². The quantitative estimate of drug-likeness (QED) is 0.135. The highest BCUT2D eigenvalue weighted by molar-refractivity contribution is 6.20. The average molecular weight is 460 g/mol. The largest absolute Gasteiger partial charge is 0.397 e. The van der Waals surface area contributed by atoms with Gasteiger partial charge in [-0.1, -0.05) is 43.7 Å². The lowest BCUT2D eigenvalue weighted by atomic mass is 9.97. The number of fused-ring (bicyclic) bond motifs is 3. The van der Waals surface area contributed by atoms with Gasteiger partial charge in [0.2, 0.25) is 0 Å². The molecule has 0 aliphatic carbocycles.